The summed E-state index contributed by atoms with van der Waals surface area (Å²) in [4.78, 5) is 12.1. The molecule has 0 radical (unpaired) electrons. The second-order valence-electron chi connectivity index (χ2n) is 6.09. The number of hydrogen-bond donors (Lipinski definition) is 2. The number of nitriles is 1. The van der Waals surface area contributed by atoms with Crippen LogP contribution in [-0.2, 0) is 4.79 Å². The fourth-order valence-electron chi connectivity index (χ4n) is 2.89. The number of carbonyl (C=O) groups excluding carboxylic acids is 1. The van der Waals surface area contributed by atoms with Gasteiger partial charge in [0.15, 0.2) is 0 Å². The molecule has 1 saturated carbocycles. The summed E-state index contributed by atoms with van der Waals surface area (Å²) >= 11 is 0. The van der Waals surface area contributed by atoms with Crippen LogP contribution in [0.15, 0.2) is 24.3 Å². The van der Waals surface area contributed by atoms with E-state index in [1.807, 2.05) is 0 Å². The summed E-state index contributed by atoms with van der Waals surface area (Å²) in [6, 6.07) is 7.47. The number of alkyl halides is 3. The predicted octanol–water partition coefficient (Wildman–Crippen LogP) is 3.73. The molecule has 0 aliphatic heterocycles. The third-order valence-electron chi connectivity index (χ3n) is 4.07. The maximum atomic E-state index is 12.2. The Labute approximate surface area is 144 Å². The number of anilines is 1. The SMILES string of the molecule is N#CC1(NC(=O)CNc2cccc(OC(F)(F)F)c2)CCCCCC1. The molecule has 0 aromatic heterocycles. The molecule has 5 nitrogen and oxygen atoms in total. The molecular weight excluding hydrogens is 335 g/mol. The fraction of sp³-hybridized carbons (Fsp3) is 0.529. The van der Waals surface area contributed by atoms with Gasteiger partial charge in [-0.05, 0) is 25.0 Å². The standard InChI is InChI=1S/C17H20F3N3O2/c18-17(19,20)25-14-7-5-6-13(10-14)22-11-15(24)23-16(12-21)8-3-1-2-4-9-16/h5-7,10,22H,1-4,8-9,11H2,(H,23,24). The third-order valence-corrected chi connectivity index (χ3v) is 4.07. The lowest BCUT2D eigenvalue weighted by molar-refractivity contribution is -0.274. The van der Waals surface area contributed by atoms with Crippen LogP contribution in [0.3, 0.4) is 0 Å². The summed E-state index contributed by atoms with van der Waals surface area (Å²) in [7, 11) is 0. The molecule has 0 saturated heterocycles. The van der Waals surface area contributed by atoms with Crippen LogP contribution in [0.2, 0.25) is 0 Å². The molecule has 25 heavy (non-hydrogen) atoms. The van der Waals surface area contributed by atoms with E-state index in [0.29, 0.717) is 18.5 Å². The van der Waals surface area contributed by atoms with Crippen LogP contribution in [0.25, 0.3) is 0 Å². The van der Waals surface area contributed by atoms with Gasteiger partial charge in [-0.15, -0.1) is 13.2 Å². The molecule has 2 rings (SSSR count). The monoisotopic (exact) mass is 355 g/mol. The second-order valence-corrected chi connectivity index (χ2v) is 6.09. The van der Waals surface area contributed by atoms with Gasteiger partial charge in [0, 0.05) is 11.8 Å². The molecule has 1 aliphatic carbocycles. The van der Waals surface area contributed by atoms with Gasteiger partial charge in [-0.2, -0.15) is 5.26 Å². The molecule has 8 heteroatoms. The lowest BCUT2D eigenvalue weighted by Crippen LogP contribution is -2.48. The molecule has 0 heterocycles. The van der Waals surface area contributed by atoms with Gasteiger partial charge in [-0.3, -0.25) is 4.79 Å². The highest BCUT2D eigenvalue weighted by atomic mass is 19.4. The Bertz CT molecular complexity index is 633. The summed E-state index contributed by atoms with van der Waals surface area (Å²) in [5, 5.41) is 15.0. The summed E-state index contributed by atoms with van der Waals surface area (Å²) in [5.74, 6) is -0.735. The van der Waals surface area contributed by atoms with Crippen molar-refractivity contribution in [1.82, 2.24) is 5.32 Å². The minimum Gasteiger partial charge on any atom is -0.406 e. The summed E-state index contributed by atoms with van der Waals surface area (Å²) < 4.78 is 40.5. The number of benzene rings is 1. The first kappa shape index (κ1) is 18.9. The second kappa shape index (κ2) is 8.10. The maximum absolute atomic E-state index is 12.2. The van der Waals surface area contributed by atoms with Crippen LogP contribution in [0, 0.1) is 11.3 Å². The van der Waals surface area contributed by atoms with Crippen molar-refractivity contribution in [3.05, 3.63) is 24.3 Å². The van der Waals surface area contributed by atoms with Crippen molar-refractivity contribution in [3.8, 4) is 11.8 Å². The first-order valence-corrected chi connectivity index (χ1v) is 8.14. The van der Waals surface area contributed by atoms with Gasteiger partial charge in [0.1, 0.15) is 11.3 Å². The van der Waals surface area contributed by atoms with Crippen molar-refractivity contribution in [2.24, 2.45) is 0 Å². The molecule has 1 aromatic carbocycles. The molecule has 0 bridgehead atoms. The Hall–Kier alpha value is -2.43. The normalized spacial score (nSPS) is 17.0. The Morgan fingerprint density at radius 3 is 2.52 bits per heavy atom. The Balaban J connectivity index is 1.91. The van der Waals surface area contributed by atoms with Crippen molar-refractivity contribution in [2.45, 2.75) is 50.4 Å². The van der Waals surface area contributed by atoms with E-state index in [2.05, 4.69) is 21.4 Å². The highest BCUT2D eigenvalue weighted by molar-refractivity contribution is 5.82. The van der Waals surface area contributed by atoms with Gasteiger partial charge >= 0.3 is 6.36 Å². The lowest BCUT2D eigenvalue weighted by Gasteiger charge is -2.26. The van der Waals surface area contributed by atoms with E-state index < -0.39 is 11.9 Å². The molecular formula is C17H20F3N3O2. The molecule has 1 fully saturated rings. The van der Waals surface area contributed by atoms with Crippen LogP contribution in [0.1, 0.15) is 38.5 Å². The van der Waals surface area contributed by atoms with Crippen molar-refractivity contribution in [3.63, 3.8) is 0 Å². The third kappa shape index (κ3) is 6.18. The first-order valence-electron chi connectivity index (χ1n) is 8.14. The zero-order chi connectivity index (χ0) is 18.3. The molecule has 0 spiro atoms. The molecule has 0 unspecified atom stereocenters. The van der Waals surface area contributed by atoms with Gasteiger partial charge in [-0.25, -0.2) is 0 Å². The molecule has 0 atom stereocenters. The van der Waals surface area contributed by atoms with E-state index in [1.54, 1.807) is 0 Å². The highest BCUT2D eigenvalue weighted by Gasteiger charge is 2.32. The summed E-state index contributed by atoms with van der Waals surface area (Å²) in [6.07, 6.45) is 0.326. The smallest absolute Gasteiger partial charge is 0.406 e. The van der Waals surface area contributed by atoms with Gasteiger partial charge in [0.2, 0.25) is 5.91 Å². The van der Waals surface area contributed by atoms with E-state index >= 15 is 0 Å². The number of hydrogen-bond acceptors (Lipinski definition) is 4. The Morgan fingerprint density at radius 1 is 1.24 bits per heavy atom. The zero-order valence-electron chi connectivity index (χ0n) is 13.7. The van der Waals surface area contributed by atoms with Crippen molar-refractivity contribution < 1.29 is 22.7 Å². The predicted molar refractivity (Wildman–Crippen MR) is 85.8 cm³/mol. The zero-order valence-corrected chi connectivity index (χ0v) is 13.7. The number of amides is 1. The number of rotatable bonds is 5. The minimum atomic E-state index is -4.77. The minimum absolute atomic E-state index is 0.140. The van der Waals surface area contributed by atoms with Crippen LogP contribution in [-0.4, -0.2) is 24.4 Å². The maximum Gasteiger partial charge on any atom is 0.573 e. The highest BCUT2D eigenvalue weighted by Crippen LogP contribution is 2.27. The summed E-state index contributed by atoms with van der Waals surface area (Å²) in [5.41, 5.74) is -0.528. The Kier molecular flexibility index (Phi) is 6.12. The largest absolute Gasteiger partial charge is 0.573 e. The van der Waals surface area contributed by atoms with Gasteiger partial charge in [-0.1, -0.05) is 31.7 Å². The average molecular weight is 355 g/mol. The molecule has 1 amide bonds. The fourth-order valence-corrected chi connectivity index (χ4v) is 2.89. The van der Waals surface area contributed by atoms with E-state index in [-0.39, 0.29) is 18.2 Å². The number of halogens is 3. The van der Waals surface area contributed by atoms with Crippen molar-refractivity contribution in [1.29, 1.82) is 5.26 Å². The average Bonchev–Trinajstić information content (AvgIpc) is 2.78. The first-order chi connectivity index (χ1) is 11.8. The number of nitrogens with zero attached hydrogens (tertiary/aromatic N) is 1. The van der Waals surface area contributed by atoms with Crippen LogP contribution >= 0.6 is 0 Å². The molecule has 1 aromatic rings. The number of nitrogens with one attached hydrogen (secondary N) is 2. The quantitative estimate of drug-likeness (QED) is 0.790. The van der Waals surface area contributed by atoms with Crippen LogP contribution < -0.4 is 15.4 Å². The summed E-state index contributed by atoms with van der Waals surface area (Å²) in [6.45, 7) is -0.140. The van der Waals surface area contributed by atoms with E-state index in [9.17, 15) is 23.2 Å². The van der Waals surface area contributed by atoms with E-state index in [4.69, 9.17) is 0 Å². The van der Waals surface area contributed by atoms with E-state index in [1.165, 1.54) is 18.2 Å². The molecule has 2 N–H and O–H groups in total. The van der Waals surface area contributed by atoms with Crippen LogP contribution in [0.5, 0.6) is 5.75 Å². The van der Waals surface area contributed by atoms with E-state index in [0.717, 1.165) is 31.7 Å². The lowest BCUT2D eigenvalue weighted by atomic mass is 9.92. The van der Waals surface area contributed by atoms with Gasteiger partial charge in [0.05, 0.1) is 12.6 Å². The van der Waals surface area contributed by atoms with Crippen molar-refractivity contribution >= 4 is 11.6 Å². The Morgan fingerprint density at radius 2 is 1.92 bits per heavy atom. The molecule has 136 valence electrons. The number of ether oxygens (including phenoxy) is 1. The van der Waals surface area contributed by atoms with Gasteiger partial charge < -0.3 is 15.4 Å². The topological polar surface area (TPSA) is 74.2 Å². The van der Waals surface area contributed by atoms with Crippen molar-refractivity contribution in [2.75, 3.05) is 11.9 Å². The number of carbonyl (C=O) groups is 1. The van der Waals surface area contributed by atoms with Crippen LogP contribution in [0.4, 0.5) is 18.9 Å². The van der Waals surface area contributed by atoms with Gasteiger partial charge in [0.25, 0.3) is 0 Å². The molecule has 1 aliphatic rings.